The number of hydrogen-bond acceptors (Lipinski definition) is 5. The minimum atomic E-state index is -0.582. The molecule has 0 aromatic heterocycles. The molecule has 2 atom stereocenters. The Bertz CT molecular complexity index is 467. The van der Waals surface area contributed by atoms with Crippen molar-refractivity contribution in [3.8, 4) is 11.5 Å². The number of methoxy groups -OCH3 is 2. The lowest BCUT2D eigenvalue weighted by atomic mass is 10.1. The van der Waals surface area contributed by atoms with Crippen molar-refractivity contribution in [2.45, 2.75) is 19.1 Å². The molecule has 1 saturated heterocycles. The topological polar surface area (TPSA) is 45.2 Å². The molecule has 0 amide bonds. The third-order valence-electron chi connectivity index (χ3n) is 4.17. The van der Waals surface area contributed by atoms with Gasteiger partial charge < -0.3 is 19.5 Å². The van der Waals surface area contributed by atoms with Gasteiger partial charge in [0.2, 0.25) is 0 Å². The number of hydrogen-bond donors (Lipinski definition) is 1. The van der Waals surface area contributed by atoms with E-state index in [-0.39, 0.29) is 0 Å². The summed E-state index contributed by atoms with van der Waals surface area (Å²) in [5, 5.41) is 10.6. The van der Waals surface area contributed by atoms with Crippen molar-refractivity contribution in [1.82, 2.24) is 9.80 Å². The zero-order valence-electron chi connectivity index (χ0n) is 13.4. The minimum Gasteiger partial charge on any atom is -0.497 e. The highest BCUT2D eigenvalue weighted by Gasteiger charge is 2.25. The molecule has 0 radical (unpaired) electrons. The van der Waals surface area contributed by atoms with E-state index in [1.165, 1.54) is 0 Å². The Kier molecular flexibility index (Phi) is 5.45. The van der Waals surface area contributed by atoms with Crippen LogP contribution in [0.1, 0.15) is 18.6 Å². The first-order valence-corrected chi connectivity index (χ1v) is 7.37. The average molecular weight is 294 g/mol. The quantitative estimate of drug-likeness (QED) is 0.889. The number of aliphatic hydroxyl groups is 1. The van der Waals surface area contributed by atoms with E-state index < -0.39 is 6.10 Å². The zero-order valence-corrected chi connectivity index (χ0v) is 13.4. The molecule has 1 fully saturated rings. The van der Waals surface area contributed by atoms with E-state index in [0.717, 1.165) is 30.9 Å². The lowest BCUT2D eigenvalue weighted by Crippen LogP contribution is -2.51. The number of aliphatic hydroxyl groups excluding tert-OH is 1. The summed E-state index contributed by atoms with van der Waals surface area (Å²) in [5.74, 6) is 1.43. The van der Waals surface area contributed by atoms with Crippen LogP contribution in [0.25, 0.3) is 0 Å². The molecule has 1 N–H and O–H groups in total. The van der Waals surface area contributed by atoms with Crippen molar-refractivity contribution in [3.05, 3.63) is 23.8 Å². The second kappa shape index (κ2) is 7.11. The van der Waals surface area contributed by atoms with Crippen LogP contribution in [0.3, 0.4) is 0 Å². The maximum atomic E-state index is 10.6. The molecule has 1 aliphatic heterocycles. The number of piperazine rings is 1. The first-order chi connectivity index (χ1) is 10.0. The molecule has 2 rings (SSSR count). The van der Waals surface area contributed by atoms with Crippen molar-refractivity contribution < 1.29 is 14.6 Å². The van der Waals surface area contributed by atoms with E-state index in [1.807, 2.05) is 18.2 Å². The summed E-state index contributed by atoms with van der Waals surface area (Å²) in [6.07, 6.45) is -0.582. The Hall–Kier alpha value is -1.30. The van der Waals surface area contributed by atoms with E-state index in [2.05, 4.69) is 23.8 Å². The molecule has 1 aliphatic rings. The second-order valence-corrected chi connectivity index (χ2v) is 5.73. The van der Waals surface area contributed by atoms with Crippen molar-refractivity contribution in [3.63, 3.8) is 0 Å². The zero-order chi connectivity index (χ0) is 15.4. The van der Waals surface area contributed by atoms with Gasteiger partial charge in [0.15, 0.2) is 0 Å². The molecule has 0 bridgehead atoms. The molecular formula is C16H26N2O3. The summed E-state index contributed by atoms with van der Waals surface area (Å²) in [6, 6.07) is 5.97. The molecule has 0 saturated carbocycles. The highest BCUT2D eigenvalue weighted by atomic mass is 16.5. The van der Waals surface area contributed by atoms with E-state index in [1.54, 1.807) is 14.2 Å². The molecule has 5 nitrogen and oxygen atoms in total. The third kappa shape index (κ3) is 3.87. The Labute approximate surface area is 127 Å². The van der Waals surface area contributed by atoms with Crippen LogP contribution < -0.4 is 9.47 Å². The highest BCUT2D eigenvalue weighted by Crippen LogP contribution is 2.30. The van der Waals surface area contributed by atoms with Crippen LogP contribution in [0.5, 0.6) is 11.5 Å². The largest absolute Gasteiger partial charge is 0.497 e. The normalized spacial score (nSPS) is 22.0. The molecule has 1 aromatic carbocycles. The van der Waals surface area contributed by atoms with Gasteiger partial charge in [-0.05, 0) is 32.2 Å². The van der Waals surface area contributed by atoms with Crippen molar-refractivity contribution >= 4 is 0 Å². The number of benzene rings is 1. The second-order valence-electron chi connectivity index (χ2n) is 5.73. The molecule has 21 heavy (non-hydrogen) atoms. The number of ether oxygens (including phenoxy) is 2. The summed E-state index contributed by atoms with van der Waals surface area (Å²) >= 11 is 0. The standard InChI is InChI=1S/C16H26N2O3/c1-12-10-17(2)7-8-18(12)11-15(19)14-9-13(20-3)5-6-16(14)21-4/h5-6,9,12,15,19H,7-8,10-11H2,1-4H3. The maximum absolute atomic E-state index is 10.6. The van der Waals surface area contributed by atoms with Gasteiger partial charge in [0, 0.05) is 37.8 Å². The Morgan fingerprint density at radius 3 is 2.67 bits per heavy atom. The van der Waals surface area contributed by atoms with Gasteiger partial charge in [-0.3, -0.25) is 4.90 Å². The first kappa shape index (κ1) is 16.1. The predicted molar refractivity (Wildman–Crippen MR) is 83.0 cm³/mol. The van der Waals surface area contributed by atoms with Crippen LogP contribution in [0.15, 0.2) is 18.2 Å². The van der Waals surface area contributed by atoms with Gasteiger partial charge in [0.1, 0.15) is 11.5 Å². The highest BCUT2D eigenvalue weighted by molar-refractivity contribution is 5.41. The molecule has 5 heteroatoms. The summed E-state index contributed by atoms with van der Waals surface area (Å²) < 4.78 is 10.6. The maximum Gasteiger partial charge on any atom is 0.124 e. The number of nitrogens with zero attached hydrogens (tertiary/aromatic N) is 2. The van der Waals surface area contributed by atoms with E-state index in [9.17, 15) is 5.11 Å². The Morgan fingerprint density at radius 1 is 1.29 bits per heavy atom. The molecule has 0 aliphatic carbocycles. The van der Waals surface area contributed by atoms with Crippen LogP contribution in [-0.4, -0.2) is 68.4 Å². The summed E-state index contributed by atoms with van der Waals surface area (Å²) in [5.41, 5.74) is 0.781. The van der Waals surface area contributed by atoms with Gasteiger partial charge in [0.25, 0.3) is 0 Å². The molecule has 118 valence electrons. The number of β-amino-alcohol motifs (C(OH)–C–C–N with tert-alkyl or cyclic N) is 1. The fraction of sp³-hybridized carbons (Fsp3) is 0.625. The van der Waals surface area contributed by atoms with Gasteiger partial charge in [0.05, 0.1) is 20.3 Å². The van der Waals surface area contributed by atoms with Gasteiger partial charge in [-0.2, -0.15) is 0 Å². The van der Waals surface area contributed by atoms with Crippen molar-refractivity contribution in [2.24, 2.45) is 0 Å². The molecule has 1 heterocycles. The van der Waals surface area contributed by atoms with Crippen LogP contribution in [0.2, 0.25) is 0 Å². The molecule has 1 aromatic rings. The van der Waals surface area contributed by atoms with Gasteiger partial charge in [-0.25, -0.2) is 0 Å². The fourth-order valence-corrected chi connectivity index (χ4v) is 2.87. The van der Waals surface area contributed by atoms with Gasteiger partial charge >= 0.3 is 0 Å². The van der Waals surface area contributed by atoms with E-state index >= 15 is 0 Å². The SMILES string of the molecule is COc1ccc(OC)c(C(O)CN2CCN(C)CC2C)c1. The van der Waals surface area contributed by atoms with Crippen molar-refractivity contribution in [1.29, 1.82) is 0 Å². The average Bonchev–Trinajstić information content (AvgIpc) is 2.49. The van der Waals surface area contributed by atoms with Crippen LogP contribution in [-0.2, 0) is 0 Å². The predicted octanol–water partition coefficient (Wildman–Crippen LogP) is 1.37. The van der Waals surface area contributed by atoms with Crippen LogP contribution in [0.4, 0.5) is 0 Å². The monoisotopic (exact) mass is 294 g/mol. The molecule has 2 unspecified atom stereocenters. The van der Waals surface area contributed by atoms with E-state index in [0.29, 0.717) is 18.3 Å². The van der Waals surface area contributed by atoms with E-state index in [4.69, 9.17) is 9.47 Å². The summed E-state index contributed by atoms with van der Waals surface area (Å²) in [4.78, 5) is 4.64. The summed E-state index contributed by atoms with van der Waals surface area (Å²) in [6.45, 7) is 5.85. The third-order valence-corrected chi connectivity index (χ3v) is 4.17. The van der Waals surface area contributed by atoms with Crippen LogP contribution >= 0.6 is 0 Å². The minimum absolute atomic E-state index is 0.440. The number of rotatable bonds is 5. The lowest BCUT2D eigenvalue weighted by molar-refractivity contribution is 0.0464. The summed E-state index contributed by atoms with van der Waals surface area (Å²) in [7, 11) is 5.38. The first-order valence-electron chi connectivity index (χ1n) is 7.37. The Morgan fingerprint density at radius 2 is 2.05 bits per heavy atom. The lowest BCUT2D eigenvalue weighted by Gasteiger charge is -2.39. The number of likely N-dealkylation sites (N-methyl/N-ethyl adjacent to an activating group) is 1. The smallest absolute Gasteiger partial charge is 0.124 e. The fourth-order valence-electron chi connectivity index (χ4n) is 2.87. The Balaban J connectivity index is 2.10. The van der Waals surface area contributed by atoms with Crippen LogP contribution in [0, 0.1) is 0 Å². The van der Waals surface area contributed by atoms with Gasteiger partial charge in [-0.15, -0.1) is 0 Å². The van der Waals surface area contributed by atoms with Gasteiger partial charge in [-0.1, -0.05) is 0 Å². The van der Waals surface area contributed by atoms with Crippen molar-refractivity contribution in [2.75, 3.05) is 47.4 Å². The molecular weight excluding hydrogens is 268 g/mol. The molecule has 0 spiro atoms.